The number of hydrazone groups is 1. The fraction of sp³-hybridized carbons (Fsp3) is 0.273. The van der Waals surface area contributed by atoms with Gasteiger partial charge in [-0.3, -0.25) is 0 Å². The monoisotopic (exact) mass is 202 g/mol. The zero-order valence-corrected chi connectivity index (χ0v) is 8.48. The highest BCUT2D eigenvalue weighted by atomic mass is 15.3. The van der Waals surface area contributed by atoms with Crippen molar-refractivity contribution >= 4 is 5.71 Å². The van der Waals surface area contributed by atoms with Gasteiger partial charge in [0.2, 0.25) is 0 Å². The summed E-state index contributed by atoms with van der Waals surface area (Å²) < 4.78 is 0. The molecule has 0 saturated heterocycles. The van der Waals surface area contributed by atoms with Gasteiger partial charge in [-0.15, -0.1) is 0 Å². The number of nitriles is 1. The Morgan fingerprint density at radius 3 is 2.73 bits per heavy atom. The minimum absolute atomic E-state index is 0.379. The summed E-state index contributed by atoms with van der Waals surface area (Å²) in [6.07, 6.45) is 0.441. The number of benzene rings is 1. The third kappa shape index (κ3) is 3.79. The van der Waals surface area contributed by atoms with Crippen LogP contribution >= 0.6 is 0 Å². The van der Waals surface area contributed by atoms with E-state index in [2.05, 4.69) is 10.5 Å². The van der Waals surface area contributed by atoms with Crippen LogP contribution in [0.2, 0.25) is 0 Å². The molecule has 0 saturated carbocycles. The van der Waals surface area contributed by atoms with E-state index in [0.717, 1.165) is 11.3 Å². The van der Waals surface area contributed by atoms with Crippen LogP contribution in [0, 0.1) is 11.3 Å². The van der Waals surface area contributed by atoms with E-state index in [1.165, 1.54) is 0 Å². The highest BCUT2D eigenvalue weighted by Crippen LogP contribution is 1.99. The molecule has 0 aliphatic heterocycles. The van der Waals surface area contributed by atoms with E-state index in [-0.39, 0.29) is 0 Å². The Labute approximate surface area is 89.4 Å². The molecule has 15 heavy (non-hydrogen) atoms. The second-order valence-electron chi connectivity index (χ2n) is 2.94. The Bertz CT molecular complexity index is 351. The van der Waals surface area contributed by atoms with Crippen molar-refractivity contribution in [2.45, 2.75) is 6.42 Å². The summed E-state index contributed by atoms with van der Waals surface area (Å²) in [6, 6.07) is 11.8. The molecule has 78 valence electrons. The maximum atomic E-state index is 8.34. The quantitative estimate of drug-likeness (QED) is 0.422. The van der Waals surface area contributed by atoms with E-state index in [1.54, 1.807) is 0 Å². The molecule has 0 spiro atoms. The van der Waals surface area contributed by atoms with Crippen molar-refractivity contribution < 1.29 is 0 Å². The lowest BCUT2D eigenvalue weighted by Gasteiger charge is -2.04. The van der Waals surface area contributed by atoms with Gasteiger partial charge in [0.25, 0.3) is 0 Å². The van der Waals surface area contributed by atoms with Gasteiger partial charge in [0.05, 0.1) is 18.2 Å². The summed E-state index contributed by atoms with van der Waals surface area (Å²) in [4.78, 5) is 0. The van der Waals surface area contributed by atoms with Crippen LogP contribution in [-0.2, 0) is 0 Å². The molecule has 4 nitrogen and oxygen atoms in total. The lowest BCUT2D eigenvalue weighted by atomic mass is 10.1. The standard InChI is InChI=1S/C11H14N4/c12-7-4-8-14-15-11(9-13)10-5-2-1-3-6-10/h1-3,5-6,14H,4,8-9,13H2/b15-11+. The zero-order chi connectivity index (χ0) is 10.9. The van der Waals surface area contributed by atoms with Crippen molar-refractivity contribution in [1.29, 1.82) is 5.26 Å². The van der Waals surface area contributed by atoms with Crippen molar-refractivity contribution in [3.8, 4) is 6.07 Å². The average molecular weight is 202 g/mol. The van der Waals surface area contributed by atoms with Crippen LogP contribution in [0.3, 0.4) is 0 Å². The summed E-state index contributed by atoms with van der Waals surface area (Å²) in [7, 11) is 0. The van der Waals surface area contributed by atoms with E-state index < -0.39 is 0 Å². The fourth-order valence-corrected chi connectivity index (χ4v) is 1.12. The minimum atomic E-state index is 0.379. The molecule has 0 unspecified atom stereocenters. The van der Waals surface area contributed by atoms with E-state index in [0.29, 0.717) is 19.5 Å². The smallest absolute Gasteiger partial charge is 0.0810 e. The molecule has 0 heterocycles. The fourth-order valence-electron chi connectivity index (χ4n) is 1.12. The summed E-state index contributed by atoms with van der Waals surface area (Å²) in [6.45, 7) is 0.927. The van der Waals surface area contributed by atoms with E-state index in [9.17, 15) is 0 Å². The Morgan fingerprint density at radius 2 is 2.13 bits per heavy atom. The number of hydrogen-bond acceptors (Lipinski definition) is 4. The number of nitrogens with two attached hydrogens (primary N) is 1. The first-order valence-corrected chi connectivity index (χ1v) is 4.80. The molecule has 4 heteroatoms. The highest BCUT2D eigenvalue weighted by Gasteiger charge is 1.99. The molecule has 0 bridgehead atoms. The molecule has 0 aliphatic rings. The summed E-state index contributed by atoms with van der Waals surface area (Å²) in [5.74, 6) is 0. The molecule has 0 fully saturated rings. The van der Waals surface area contributed by atoms with E-state index >= 15 is 0 Å². The summed E-state index contributed by atoms with van der Waals surface area (Å²) in [5.41, 5.74) is 10.2. The molecule has 1 aromatic carbocycles. The van der Waals surface area contributed by atoms with Gasteiger partial charge in [0, 0.05) is 13.1 Å². The van der Waals surface area contributed by atoms with Crippen molar-refractivity contribution in [2.24, 2.45) is 10.8 Å². The van der Waals surface area contributed by atoms with Crippen molar-refractivity contribution in [1.82, 2.24) is 5.43 Å². The molecule has 0 aliphatic carbocycles. The molecule has 0 atom stereocenters. The minimum Gasteiger partial charge on any atom is -0.325 e. The molecule has 1 aromatic rings. The van der Waals surface area contributed by atoms with Gasteiger partial charge < -0.3 is 11.2 Å². The Balaban J connectivity index is 2.60. The molecule has 0 amide bonds. The first-order chi connectivity index (χ1) is 7.38. The first-order valence-electron chi connectivity index (χ1n) is 4.80. The average Bonchev–Trinajstić information content (AvgIpc) is 2.30. The highest BCUT2D eigenvalue weighted by molar-refractivity contribution is 6.01. The largest absolute Gasteiger partial charge is 0.325 e. The number of nitrogens with zero attached hydrogens (tertiary/aromatic N) is 2. The predicted molar refractivity (Wildman–Crippen MR) is 60.3 cm³/mol. The Kier molecular flexibility index (Phi) is 4.91. The first kappa shape index (κ1) is 11.2. The van der Waals surface area contributed by atoms with Crippen LogP contribution in [0.15, 0.2) is 35.4 Å². The number of hydrogen-bond donors (Lipinski definition) is 2. The van der Waals surface area contributed by atoms with Gasteiger partial charge in [-0.1, -0.05) is 30.3 Å². The van der Waals surface area contributed by atoms with Crippen molar-refractivity contribution in [2.75, 3.05) is 13.1 Å². The number of rotatable bonds is 5. The summed E-state index contributed by atoms with van der Waals surface area (Å²) in [5, 5.41) is 12.5. The van der Waals surface area contributed by atoms with Crippen molar-refractivity contribution in [3.05, 3.63) is 35.9 Å². The van der Waals surface area contributed by atoms with Crippen LogP contribution in [0.25, 0.3) is 0 Å². The molecule has 1 rings (SSSR count). The predicted octanol–water partition coefficient (Wildman–Crippen LogP) is 0.853. The van der Waals surface area contributed by atoms with Gasteiger partial charge in [-0.25, -0.2) is 0 Å². The van der Waals surface area contributed by atoms with Crippen molar-refractivity contribution in [3.63, 3.8) is 0 Å². The Hall–Kier alpha value is -1.86. The normalized spacial score (nSPS) is 10.8. The van der Waals surface area contributed by atoms with Crippen LogP contribution in [0.1, 0.15) is 12.0 Å². The van der Waals surface area contributed by atoms with Crippen LogP contribution in [-0.4, -0.2) is 18.8 Å². The molecule has 3 N–H and O–H groups in total. The van der Waals surface area contributed by atoms with Crippen LogP contribution < -0.4 is 11.2 Å². The van der Waals surface area contributed by atoms with Crippen LogP contribution in [0.5, 0.6) is 0 Å². The second-order valence-corrected chi connectivity index (χ2v) is 2.94. The van der Waals surface area contributed by atoms with E-state index in [1.807, 2.05) is 36.4 Å². The topological polar surface area (TPSA) is 74.2 Å². The third-order valence-electron chi connectivity index (χ3n) is 1.86. The molecular formula is C11H14N4. The maximum absolute atomic E-state index is 8.34. The van der Waals surface area contributed by atoms with Gasteiger partial charge in [-0.05, 0) is 5.56 Å². The van der Waals surface area contributed by atoms with Crippen LogP contribution in [0.4, 0.5) is 0 Å². The molecule has 0 radical (unpaired) electrons. The third-order valence-corrected chi connectivity index (χ3v) is 1.86. The molecule has 0 aromatic heterocycles. The van der Waals surface area contributed by atoms with E-state index in [4.69, 9.17) is 11.0 Å². The SMILES string of the molecule is N#CCCN/N=C(\CN)c1ccccc1. The summed E-state index contributed by atoms with van der Waals surface area (Å²) >= 11 is 0. The van der Waals surface area contributed by atoms with Gasteiger partial charge in [0.1, 0.15) is 0 Å². The van der Waals surface area contributed by atoms with Gasteiger partial charge in [0.15, 0.2) is 0 Å². The lowest BCUT2D eigenvalue weighted by molar-refractivity contribution is 0.745. The zero-order valence-electron chi connectivity index (χ0n) is 8.48. The lowest BCUT2D eigenvalue weighted by Crippen LogP contribution is -2.20. The number of nitrogens with one attached hydrogen (secondary N) is 1. The second kappa shape index (κ2) is 6.57. The molecular weight excluding hydrogens is 188 g/mol. The van der Waals surface area contributed by atoms with Gasteiger partial charge in [-0.2, -0.15) is 10.4 Å². The maximum Gasteiger partial charge on any atom is 0.0810 e. The van der Waals surface area contributed by atoms with Gasteiger partial charge >= 0.3 is 0 Å². The Morgan fingerprint density at radius 1 is 1.40 bits per heavy atom.